The van der Waals surface area contributed by atoms with Crippen molar-refractivity contribution in [2.24, 2.45) is 0 Å². The first kappa shape index (κ1) is 33.9. The van der Waals surface area contributed by atoms with E-state index >= 15 is 0 Å². The Morgan fingerprint density at radius 2 is 0.750 bits per heavy atom. The summed E-state index contributed by atoms with van der Waals surface area (Å²) in [6, 6.07) is 69.3. The fourth-order valence-corrected chi connectivity index (χ4v) is 8.69. The quantitative estimate of drug-likeness (QED) is 0.169. The van der Waals surface area contributed by atoms with Gasteiger partial charge in [0, 0.05) is 49.2 Å². The first-order valence-electron chi connectivity index (χ1n) is 20.1. The molecule has 5 nitrogen and oxygen atoms in total. The summed E-state index contributed by atoms with van der Waals surface area (Å²) in [6.45, 7) is 0. The van der Waals surface area contributed by atoms with Gasteiger partial charge in [0.2, 0.25) is 0 Å². The lowest BCUT2D eigenvalue weighted by Gasteiger charge is -2.11. The van der Waals surface area contributed by atoms with Crippen LogP contribution in [0.4, 0.5) is 0 Å². The van der Waals surface area contributed by atoms with Crippen LogP contribution >= 0.6 is 0 Å². The van der Waals surface area contributed by atoms with E-state index in [0.29, 0.717) is 17.5 Å². The second kappa shape index (κ2) is 13.8. The summed E-state index contributed by atoms with van der Waals surface area (Å²) in [4.78, 5) is 14.7. The summed E-state index contributed by atoms with van der Waals surface area (Å²) in [6.07, 6.45) is 0. The van der Waals surface area contributed by atoms with Gasteiger partial charge in [-0.3, -0.25) is 0 Å². The molecule has 0 unspecified atom stereocenters. The van der Waals surface area contributed by atoms with Crippen LogP contribution in [0.3, 0.4) is 0 Å². The average molecular weight is 768 g/mol. The van der Waals surface area contributed by atoms with Gasteiger partial charge in [0.1, 0.15) is 22.3 Å². The number of hydrogen-bond donors (Lipinski definition) is 0. The number of nitrogens with zero attached hydrogens (tertiary/aromatic N) is 3. The van der Waals surface area contributed by atoms with E-state index in [9.17, 15) is 0 Å². The Morgan fingerprint density at radius 3 is 1.48 bits per heavy atom. The maximum absolute atomic E-state index is 6.75. The van der Waals surface area contributed by atoms with Crippen molar-refractivity contribution in [3.8, 4) is 67.5 Å². The lowest BCUT2D eigenvalue weighted by molar-refractivity contribution is 0.670. The van der Waals surface area contributed by atoms with Gasteiger partial charge in [-0.25, -0.2) is 15.0 Å². The molecule has 60 heavy (non-hydrogen) atoms. The minimum atomic E-state index is 0.631. The number of hydrogen-bond acceptors (Lipinski definition) is 5. The summed E-state index contributed by atoms with van der Waals surface area (Å²) in [5, 5.41) is 6.57. The summed E-state index contributed by atoms with van der Waals surface area (Å²) < 4.78 is 13.3. The molecular formula is C55H33N3O2. The van der Waals surface area contributed by atoms with Crippen molar-refractivity contribution in [3.05, 3.63) is 200 Å². The third-order valence-electron chi connectivity index (χ3n) is 11.5. The Balaban J connectivity index is 0.972. The molecule has 9 aromatic carbocycles. The van der Waals surface area contributed by atoms with E-state index in [-0.39, 0.29) is 0 Å². The van der Waals surface area contributed by atoms with Gasteiger partial charge in [0.05, 0.1) is 0 Å². The summed E-state index contributed by atoms with van der Waals surface area (Å²) in [5.74, 6) is 1.92. The Labute approximate surface area is 344 Å². The molecule has 12 rings (SSSR count). The molecule has 12 aromatic rings. The predicted octanol–water partition coefficient (Wildman–Crippen LogP) is 14.8. The standard InChI is InChI=1S/C55H33N3O2/c1-3-14-35(15-4-1)53-56-54(36-16-5-2-6-17-36)58-55(57-53)37-30-28-34(29-31-37)38-18-11-19-39(32-38)46-33-47-50-42(23-13-27-49(50)60-52(47)43-22-8-7-20-40(43)46)45-25-12-24-44-41-21-9-10-26-48(41)59-51(44)45/h1-33H. The zero-order valence-electron chi connectivity index (χ0n) is 32.2. The van der Waals surface area contributed by atoms with Crippen molar-refractivity contribution in [2.75, 3.05) is 0 Å². The third kappa shape index (κ3) is 5.59. The molecule has 0 saturated carbocycles. The van der Waals surface area contributed by atoms with E-state index in [2.05, 4.69) is 127 Å². The van der Waals surface area contributed by atoms with Gasteiger partial charge in [-0.05, 0) is 57.5 Å². The first-order valence-corrected chi connectivity index (χ1v) is 20.1. The number of furan rings is 2. The monoisotopic (exact) mass is 767 g/mol. The number of aromatic nitrogens is 3. The molecule has 3 heterocycles. The smallest absolute Gasteiger partial charge is 0.164 e. The van der Waals surface area contributed by atoms with Crippen molar-refractivity contribution in [3.63, 3.8) is 0 Å². The topological polar surface area (TPSA) is 65.0 Å². The van der Waals surface area contributed by atoms with Crippen LogP contribution in [-0.2, 0) is 0 Å². The molecule has 0 spiro atoms. The van der Waals surface area contributed by atoms with E-state index in [0.717, 1.165) is 105 Å². The highest BCUT2D eigenvalue weighted by atomic mass is 16.3. The highest BCUT2D eigenvalue weighted by Crippen LogP contribution is 2.45. The molecule has 0 atom stereocenters. The highest BCUT2D eigenvalue weighted by molar-refractivity contribution is 6.23. The Hall–Kier alpha value is -8.15. The molecular weight excluding hydrogens is 735 g/mol. The molecule has 0 bridgehead atoms. The molecule has 280 valence electrons. The fourth-order valence-electron chi connectivity index (χ4n) is 8.69. The Kier molecular flexibility index (Phi) is 7.78. The van der Waals surface area contributed by atoms with E-state index in [1.807, 2.05) is 72.8 Å². The van der Waals surface area contributed by atoms with Crippen LogP contribution in [0.1, 0.15) is 0 Å². The molecule has 0 aliphatic carbocycles. The highest BCUT2D eigenvalue weighted by Gasteiger charge is 2.21. The third-order valence-corrected chi connectivity index (χ3v) is 11.5. The van der Waals surface area contributed by atoms with Crippen LogP contribution in [0.25, 0.3) is 122 Å². The van der Waals surface area contributed by atoms with Crippen molar-refractivity contribution in [2.45, 2.75) is 0 Å². The minimum absolute atomic E-state index is 0.631. The Morgan fingerprint density at radius 1 is 0.267 bits per heavy atom. The lowest BCUT2D eigenvalue weighted by atomic mass is 9.91. The van der Waals surface area contributed by atoms with Gasteiger partial charge in [0.15, 0.2) is 17.5 Å². The number of fused-ring (bicyclic) bond motifs is 8. The summed E-state index contributed by atoms with van der Waals surface area (Å²) >= 11 is 0. The van der Waals surface area contributed by atoms with Crippen molar-refractivity contribution in [1.29, 1.82) is 0 Å². The number of rotatable bonds is 6. The molecule has 0 aliphatic heterocycles. The summed E-state index contributed by atoms with van der Waals surface area (Å²) in [7, 11) is 0. The van der Waals surface area contributed by atoms with E-state index in [1.54, 1.807) is 0 Å². The summed E-state index contributed by atoms with van der Waals surface area (Å²) in [5.41, 5.74) is 12.9. The van der Waals surface area contributed by atoms with E-state index < -0.39 is 0 Å². The van der Waals surface area contributed by atoms with Crippen molar-refractivity contribution in [1.82, 2.24) is 15.0 Å². The molecule has 0 radical (unpaired) electrons. The largest absolute Gasteiger partial charge is 0.455 e. The van der Waals surface area contributed by atoms with Crippen molar-refractivity contribution >= 4 is 54.6 Å². The second-order valence-electron chi connectivity index (χ2n) is 15.1. The molecule has 0 amide bonds. The molecule has 0 aliphatic rings. The number of para-hydroxylation sites is 2. The lowest BCUT2D eigenvalue weighted by Crippen LogP contribution is -2.00. The fraction of sp³-hybridized carbons (Fsp3) is 0. The van der Waals surface area contributed by atoms with Gasteiger partial charge in [-0.15, -0.1) is 0 Å². The maximum atomic E-state index is 6.75. The average Bonchev–Trinajstić information content (AvgIpc) is 3.91. The van der Waals surface area contributed by atoms with Gasteiger partial charge in [-0.2, -0.15) is 0 Å². The Bertz CT molecular complexity index is 3530. The van der Waals surface area contributed by atoms with Crippen LogP contribution in [0, 0.1) is 0 Å². The molecule has 0 fully saturated rings. The molecule has 0 N–H and O–H groups in total. The predicted molar refractivity (Wildman–Crippen MR) is 245 cm³/mol. The second-order valence-corrected chi connectivity index (χ2v) is 15.1. The first-order chi connectivity index (χ1) is 29.7. The van der Waals surface area contributed by atoms with Crippen LogP contribution in [0.2, 0.25) is 0 Å². The van der Waals surface area contributed by atoms with Crippen LogP contribution < -0.4 is 0 Å². The molecule has 0 saturated heterocycles. The minimum Gasteiger partial charge on any atom is -0.455 e. The van der Waals surface area contributed by atoms with Crippen LogP contribution in [-0.4, -0.2) is 15.0 Å². The normalized spacial score (nSPS) is 11.7. The zero-order chi connectivity index (χ0) is 39.6. The van der Waals surface area contributed by atoms with Gasteiger partial charge in [-0.1, -0.05) is 176 Å². The van der Waals surface area contributed by atoms with Crippen LogP contribution in [0.15, 0.2) is 209 Å². The number of benzene rings is 9. The van der Waals surface area contributed by atoms with Crippen molar-refractivity contribution < 1.29 is 8.83 Å². The maximum Gasteiger partial charge on any atom is 0.164 e. The van der Waals surface area contributed by atoms with Gasteiger partial charge < -0.3 is 8.83 Å². The zero-order valence-corrected chi connectivity index (χ0v) is 32.2. The molecule has 5 heteroatoms. The SMILES string of the molecule is c1ccc(-c2nc(-c3ccccc3)nc(-c3ccc(-c4cccc(-c5cc6c(oc7cccc(-c8cccc9c8oc8ccccc89)c76)c6ccccc56)c4)cc3)n2)cc1. The van der Waals surface area contributed by atoms with Gasteiger partial charge >= 0.3 is 0 Å². The van der Waals surface area contributed by atoms with Gasteiger partial charge in [0.25, 0.3) is 0 Å². The molecule has 3 aromatic heterocycles. The van der Waals surface area contributed by atoms with Crippen LogP contribution in [0.5, 0.6) is 0 Å². The van der Waals surface area contributed by atoms with E-state index in [1.165, 1.54) is 0 Å². The van der Waals surface area contributed by atoms with E-state index in [4.69, 9.17) is 23.8 Å².